The molecule has 1 saturated carbocycles. The first-order valence-electron chi connectivity index (χ1n) is 5.09. The van der Waals surface area contributed by atoms with Crippen LogP contribution in [0, 0.1) is 5.92 Å². The summed E-state index contributed by atoms with van der Waals surface area (Å²) in [5.41, 5.74) is 0. The Kier molecular flexibility index (Phi) is 16.3. The Morgan fingerprint density at radius 1 is 1.25 bits per heavy atom. The van der Waals surface area contributed by atoms with Crippen molar-refractivity contribution in [3.8, 4) is 0 Å². The lowest BCUT2D eigenvalue weighted by molar-refractivity contribution is 0.304. The van der Waals surface area contributed by atoms with Crippen molar-refractivity contribution in [2.75, 3.05) is 20.2 Å². The quantitative estimate of drug-likeness (QED) is 0.688. The number of hydrogen-bond donors (Lipinski definition) is 2. The van der Waals surface area contributed by atoms with Gasteiger partial charge in [-0.1, -0.05) is 27.2 Å². The summed E-state index contributed by atoms with van der Waals surface area (Å²) in [7, 11) is 1.00. The van der Waals surface area contributed by atoms with Crippen LogP contribution < -0.4 is 5.32 Å². The van der Waals surface area contributed by atoms with Gasteiger partial charge in [-0.05, 0) is 31.8 Å². The Morgan fingerprint density at radius 2 is 1.75 bits per heavy atom. The van der Waals surface area contributed by atoms with Gasteiger partial charge in [0.2, 0.25) is 0 Å². The molecule has 2 nitrogen and oxygen atoms in total. The zero-order valence-electron chi connectivity index (χ0n) is 9.06. The van der Waals surface area contributed by atoms with E-state index in [2.05, 4.69) is 12.2 Å². The van der Waals surface area contributed by atoms with E-state index in [-0.39, 0.29) is 0 Å². The van der Waals surface area contributed by atoms with Crippen molar-refractivity contribution in [2.45, 2.75) is 40.0 Å². The molecule has 1 fully saturated rings. The summed E-state index contributed by atoms with van der Waals surface area (Å²) in [4.78, 5) is 0. The van der Waals surface area contributed by atoms with Gasteiger partial charge in [0.1, 0.15) is 0 Å². The molecule has 0 unspecified atom stereocenters. The molecule has 0 radical (unpaired) electrons. The maximum atomic E-state index is 7.00. The average molecular weight is 175 g/mol. The first kappa shape index (κ1) is 14.4. The Bertz CT molecular complexity index is 62.9. The van der Waals surface area contributed by atoms with Crippen molar-refractivity contribution in [1.29, 1.82) is 0 Å². The van der Waals surface area contributed by atoms with E-state index in [1.807, 2.05) is 13.8 Å². The number of rotatable bonds is 3. The molecule has 1 aliphatic rings. The van der Waals surface area contributed by atoms with Crippen molar-refractivity contribution in [2.24, 2.45) is 5.92 Å². The number of hydrogen-bond acceptors (Lipinski definition) is 2. The highest BCUT2D eigenvalue weighted by atomic mass is 16.2. The van der Waals surface area contributed by atoms with E-state index in [0.29, 0.717) is 0 Å². The molecule has 0 bridgehead atoms. The molecule has 1 aliphatic carbocycles. The summed E-state index contributed by atoms with van der Waals surface area (Å²) in [5.74, 6) is 1.02. The van der Waals surface area contributed by atoms with Crippen LogP contribution in [0.5, 0.6) is 0 Å². The van der Waals surface area contributed by atoms with Gasteiger partial charge in [0, 0.05) is 7.11 Å². The minimum absolute atomic E-state index is 1.00. The zero-order valence-corrected chi connectivity index (χ0v) is 9.06. The molecule has 0 aromatic rings. The van der Waals surface area contributed by atoms with E-state index in [4.69, 9.17) is 5.11 Å². The fourth-order valence-electron chi connectivity index (χ4n) is 1.05. The van der Waals surface area contributed by atoms with Gasteiger partial charge >= 0.3 is 0 Å². The second kappa shape index (κ2) is 13.5. The lowest BCUT2D eigenvalue weighted by atomic mass is 9.85. The number of aliphatic hydroxyl groups excluding tert-OH is 1. The molecule has 0 aromatic heterocycles. The van der Waals surface area contributed by atoms with E-state index >= 15 is 0 Å². The summed E-state index contributed by atoms with van der Waals surface area (Å²) < 4.78 is 0. The van der Waals surface area contributed by atoms with Gasteiger partial charge < -0.3 is 10.4 Å². The predicted molar refractivity (Wildman–Crippen MR) is 55.4 cm³/mol. The lowest BCUT2D eigenvalue weighted by Gasteiger charge is -2.24. The van der Waals surface area contributed by atoms with E-state index in [1.165, 1.54) is 25.8 Å². The lowest BCUT2D eigenvalue weighted by Crippen LogP contribution is -2.26. The topological polar surface area (TPSA) is 32.3 Å². The van der Waals surface area contributed by atoms with E-state index in [0.717, 1.165) is 19.6 Å². The highest BCUT2D eigenvalue weighted by Gasteiger charge is 2.15. The van der Waals surface area contributed by atoms with E-state index in [1.54, 1.807) is 0 Å². The minimum atomic E-state index is 1.00. The van der Waals surface area contributed by atoms with Gasteiger partial charge in [-0.25, -0.2) is 0 Å². The van der Waals surface area contributed by atoms with Gasteiger partial charge in [0.15, 0.2) is 0 Å². The fourth-order valence-corrected chi connectivity index (χ4v) is 1.05. The first-order valence-corrected chi connectivity index (χ1v) is 5.09. The summed E-state index contributed by atoms with van der Waals surface area (Å²) >= 11 is 0. The summed E-state index contributed by atoms with van der Waals surface area (Å²) in [6.07, 6.45) is 4.40. The molecule has 76 valence electrons. The van der Waals surface area contributed by atoms with Crippen LogP contribution in [0.2, 0.25) is 0 Å². The molecule has 0 amide bonds. The van der Waals surface area contributed by atoms with Crippen molar-refractivity contribution < 1.29 is 5.11 Å². The maximum Gasteiger partial charge on any atom is 0.0319 e. The molecule has 0 spiro atoms. The standard InChI is InChI=1S/C7H15N.C2H6.CH4O/c1-2-8-6-7-4-3-5-7;2*1-2/h7-8H,2-6H2,1H3;1-2H3;2H,1H3. The van der Waals surface area contributed by atoms with Crippen molar-refractivity contribution in [3.05, 3.63) is 0 Å². The van der Waals surface area contributed by atoms with Crippen LogP contribution in [0.4, 0.5) is 0 Å². The summed E-state index contributed by atoms with van der Waals surface area (Å²) in [6.45, 7) is 8.56. The summed E-state index contributed by atoms with van der Waals surface area (Å²) in [5, 5.41) is 10.4. The predicted octanol–water partition coefficient (Wildman–Crippen LogP) is 2.03. The molecule has 0 aromatic carbocycles. The molecular formula is C10H25NO. The zero-order chi connectivity index (χ0) is 9.82. The molecule has 1 rings (SSSR count). The normalized spacial score (nSPS) is 14.8. The molecule has 0 heterocycles. The van der Waals surface area contributed by atoms with Crippen LogP contribution in [-0.2, 0) is 0 Å². The molecular weight excluding hydrogens is 150 g/mol. The highest BCUT2D eigenvalue weighted by Crippen LogP contribution is 2.24. The van der Waals surface area contributed by atoms with Crippen LogP contribution in [0.15, 0.2) is 0 Å². The van der Waals surface area contributed by atoms with Gasteiger partial charge in [-0.2, -0.15) is 0 Å². The SMILES string of the molecule is CC.CCNCC1CCC1.CO. The second-order valence-corrected chi connectivity index (χ2v) is 2.60. The molecule has 12 heavy (non-hydrogen) atoms. The Labute approximate surface area is 77.4 Å². The van der Waals surface area contributed by atoms with Crippen LogP contribution >= 0.6 is 0 Å². The third kappa shape index (κ3) is 8.02. The van der Waals surface area contributed by atoms with Crippen molar-refractivity contribution in [1.82, 2.24) is 5.32 Å². The van der Waals surface area contributed by atoms with Gasteiger partial charge in [0.05, 0.1) is 0 Å². The van der Waals surface area contributed by atoms with Gasteiger partial charge in [-0.3, -0.25) is 0 Å². The highest BCUT2D eigenvalue weighted by molar-refractivity contribution is 4.70. The van der Waals surface area contributed by atoms with Crippen LogP contribution in [0.3, 0.4) is 0 Å². The Morgan fingerprint density at radius 3 is 2.00 bits per heavy atom. The van der Waals surface area contributed by atoms with Gasteiger partial charge in [-0.15, -0.1) is 0 Å². The van der Waals surface area contributed by atoms with E-state index in [9.17, 15) is 0 Å². The van der Waals surface area contributed by atoms with Crippen LogP contribution in [0.25, 0.3) is 0 Å². The minimum Gasteiger partial charge on any atom is -0.400 e. The van der Waals surface area contributed by atoms with E-state index < -0.39 is 0 Å². The molecule has 0 saturated heterocycles. The monoisotopic (exact) mass is 175 g/mol. The second-order valence-electron chi connectivity index (χ2n) is 2.60. The molecule has 0 aliphatic heterocycles. The number of aliphatic hydroxyl groups is 1. The summed E-state index contributed by atoms with van der Waals surface area (Å²) in [6, 6.07) is 0. The van der Waals surface area contributed by atoms with Crippen molar-refractivity contribution in [3.63, 3.8) is 0 Å². The Hall–Kier alpha value is -0.0800. The molecule has 2 heteroatoms. The maximum absolute atomic E-state index is 7.00. The fraction of sp³-hybridized carbons (Fsp3) is 1.00. The van der Waals surface area contributed by atoms with Gasteiger partial charge in [0.25, 0.3) is 0 Å². The molecule has 0 atom stereocenters. The smallest absolute Gasteiger partial charge is 0.0319 e. The van der Waals surface area contributed by atoms with Crippen molar-refractivity contribution >= 4 is 0 Å². The third-order valence-corrected chi connectivity index (χ3v) is 1.91. The molecule has 2 N–H and O–H groups in total. The largest absolute Gasteiger partial charge is 0.400 e. The number of nitrogens with one attached hydrogen (secondary N) is 1. The Balaban J connectivity index is 0. The average Bonchev–Trinajstić information content (AvgIpc) is 2.10. The third-order valence-electron chi connectivity index (χ3n) is 1.91. The van der Waals surface area contributed by atoms with Crippen LogP contribution in [-0.4, -0.2) is 25.3 Å². The first-order chi connectivity index (χ1) is 5.93. The van der Waals surface area contributed by atoms with Crippen LogP contribution in [0.1, 0.15) is 40.0 Å².